The van der Waals surface area contributed by atoms with Gasteiger partial charge in [-0.2, -0.15) is 0 Å². The summed E-state index contributed by atoms with van der Waals surface area (Å²) in [5, 5.41) is 5.29. The molecule has 0 unspecified atom stereocenters. The first-order chi connectivity index (χ1) is 15.4. The summed E-state index contributed by atoms with van der Waals surface area (Å²) < 4.78 is 4.55. The molecule has 32 heavy (non-hydrogen) atoms. The molecule has 3 aromatic carbocycles. The highest BCUT2D eigenvalue weighted by Crippen LogP contribution is 2.21. The standard InChI is InChI=1S/C24H20N4O4/c1-14-6-5-7-16(12-14)25-22(30)18-9-4-3-8-17(18)21(29)15-10-11-19-20(13-15)27-23(26-19)28-24(31)32-2/h3-13H,1-2H3,(H,25,30)(H2,26,27,28,31). The molecule has 160 valence electrons. The normalized spacial score (nSPS) is 10.6. The number of anilines is 2. The van der Waals surface area contributed by atoms with Gasteiger partial charge < -0.3 is 15.0 Å². The molecule has 4 rings (SSSR count). The lowest BCUT2D eigenvalue weighted by atomic mass is 9.97. The van der Waals surface area contributed by atoms with Gasteiger partial charge in [0.15, 0.2) is 5.78 Å². The van der Waals surface area contributed by atoms with Crippen molar-refractivity contribution in [3.05, 3.63) is 89.0 Å². The molecule has 3 N–H and O–H groups in total. The van der Waals surface area contributed by atoms with E-state index in [1.807, 2.05) is 25.1 Å². The zero-order valence-electron chi connectivity index (χ0n) is 17.4. The van der Waals surface area contributed by atoms with Crippen molar-refractivity contribution in [3.8, 4) is 0 Å². The monoisotopic (exact) mass is 428 g/mol. The lowest BCUT2D eigenvalue weighted by Gasteiger charge is -2.10. The number of fused-ring (bicyclic) bond motifs is 1. The van der Waals surface area contributed by atoms with Crippen LogP contribution in [0.15, 0.2) is 66.7 Å². The van der Waals surface area contributed by atoms with Gasteiger partial charge in [0.2, 0.25) is 5.95 Å². The van der Waals surface area contributed by atoms with E-state index in [-0.39, 0.29) is 28.8 Å². The van der Waals surface area contributed by atoms with Crippen LogP contribution >= 0.6 is 0 Å². The lowest BCUT2D eigenvalue weighted by molar-refractivity contribution is 0.0996. The van der Waals surface area contributed by atoms with E-state index in [0.717, 1.165) is 5.56 Å². The second-order valence-corrected chi connectivity index (χ2v) is 7.13. The molecule has 2 amide bonds. The molecule has 0 radical (unpaired) electrons. The zero-order valence-corrected chi connectivity index (χ0v) is 17.4. The Morgan fingerprint density at radius 3 is 2.44 bits per heavy atom. The minimum atomic E-state index is -0.658. The van der Waals surface area contributed by atoms with E-state index in [1.165, 1.54) is 7.11 Å². The van der Waals surface area contributed by atoms with Crippen LogP contribution in [-0.4, -0.2) is 34.9 Å². The van der Waals surface area contributed by atoms with Gasteiger partial charge in [0.25, 0.3) is 5.91 Å². The number of ketones is 1. The van der Waals surface area contributed by atoms with E-state index < -0.39 is 6.09 Å². The number of imidazole rings is 1. The summed E-state index contributed by atoms with van der Waals surface area (Å²) >= 11 is 0. The van der Waals surface area contributed by atoms with Crippen molar-refractivity contribution in [2.75, 3.05) is 17.7 Å². The molecule has 0 atom stereocenters. The first kappa shape index (κ1) is 20.8. The number of hydrogen-bond acceptors (Lipinski definition) is 5. The highest BCUT2D eigenvalue weighted by molar-refractivity contribution is 6.18. The second kappa shape index (κ2) is 8.73. The van der Waals surface area contributed by atoms with Crippen molar-refractivity contribution in [2.45, 2.75) is 6.92 Å². The molecule has 0 fully saturated rings. The third kappa shape index (κ3) is 4.34. The summed E-state index contributed by atoms with van der Waals surface area (Å²) in [5.74, 6) is -0.472. The van der Waals surface area contributed by atoms with E-state index in [2.05, 4.69) is 25.3 Å². The average molecular weight is 428 g/mol. The number of ether oxygens (including phenoxy) is 1. The van der Waals surface area contributed by atoms with Crippen molar-refractivity contribution in [1.29, 1.82) is 0 Å². The Balaban J connectivity index is 1.62. The molecule has 8 heteroatoms. The summed E-state index contributed by atoms with van der Waals surface area (Å²) in [6.45, 7) is 1.94. The summed E-state index contributed by atoms with van der Waals surface area (Å²) in [4.78, 5) is 44.7. The van der Waals surface area contributed by atoms with Gasteiger partial charge in [-0.05, 0) is 48.9 Å². The number of hydrogen-bond donors (Lipinski definition) is 3. The number of amides is 2. The molecule has 0 aliphatic rings. The number of H-pyrrole nitrogens is 1. The maximum absolute atomic E-state index is 13.2. The molecule has 0 aliphatic heterocycles. The van der Waals surface area contributed by atoms with Crippen molar-refractivity contribution in [1.82, 2.24) is 9.97 Å². The molecule has 4 aromatic rings. The van der Waals surface area contributed by atoms with E-state index in [9.17, 15) is 14.4 Å². The summed E-state index contributed by atoms with van der Waals surface area (Å²) in [6, 6.07) is 19.0. The van der Waals surface area contributed by atoms with Gasteiger partial charge in [-0.3, -0.25) is 14.9 Å². The Hall–Kier alpha value is -4.46. The van der Waals surface area contributed by atoms with Crippen molar-refractivity contribution in [2.24, 2.45) is 0 Å². The van der Waals surface area contributed by atoms with Crippen LogP contribution in [0.4, 0.5) is 16.4 Å². The molecule has 1 heterocycles. The second-order valence-electron chi connectivity index (χ2n) is 7.13. The molecular formula is C24H20N4O4. The number of rotatable bonds is 5. The summed E-state index contributed by atoms with van der Waals surface area (Å²) in [7, 11) is 1.25. The first-order valence-corrected chi connectivity index (χ1v) is 9.81. The molecular weight excluding hydrogens is 408 g/mol. The van der Waals surface area contributed by atoms with Gasteiger partial charge in [0.05, 0.1) is 23.7 Å². The van der Waals surface area contributed by atoms with Crippen LogP contribution in [0.3, 0.4) is 0 Å². The molecule has 0 aliphatic carbocycles. The van der Waals surface area contributed by atoms with Crippen LogP contribution in [0.25, 0.3) is 11.0 Å². The van der Waals surface area contributed by atoms with Crippen LogP contribution in [0.1, 0.15) is 31.8 Å². The Kier molecular flexibility index (Phi) is 5.67. The van der Waals surface area contributed by atoms with Crippen molar-refractivity contribution < 1.29 is 19.1 Å². The highest BCUT2D eigenvalue weighted by atomic mass is 16.5. The van der Waals surface area contributed by atoms with E-state index in [1.54, 1.807) is 48.5 Å². The Bertz CT molecular complexity index is 1340. The van der Waals surface area contributed by atoms with Crippen molar-refractivity contribution in [3.63, 3.8) is 0 Å². The zero-order chi connectivity index (χ0) is 22.7. The number of aryl methyl sites for hydroxylation is 1. The van der Waals surface area contributed by atoms with Crippen LogP contribution in [0, 0.1) is 6.92 Å². The Morgan fingerprint density at radius 2 is 1.69 bits per heavy atom. The number of aromatic amines is 1. The van der Waals surface area contributed by atoms with E-state index in [4.69, 9.17) is 0 Å². The molecule has 1 aromatic heterocycles. The van der Waals surface area contributed by atoms with Gasteiger partial charge in [-0.1, -0.05) is 30.3 Å². The van der Waals surface area contributed by atoms with Gasteiger partial charge in [-0.15, -0.1) is 0 Å². The number of aromatic nitrogens is 2. The minimum absolute atomic E-state index is 0.203. The predicted molar refractivity (Wildman–Crippen MR) is 121 cm³/mol. The highest BCUT2D eigenvalue weighted by Gasteiger charge is 2.19. The Labute approximate surface area is 183 Å². The summed E-state index contributed by atoms with van der Waals surface area (Å²) in [6.07, 6.45) is -0.658. The topological polar surface area (TPSA) is 113 Å². The fourth-order valence-corrected chi connectivity index (χ4v) is 3.31. The number of nitrogens with zero attached hydrogens (tertiary/aromatic N) is 1. The van der Waals surface area contributed by atoms with Gasteiger partial charge in [0.1, 0.15) is 0 Å². The van der Waals surface area contributed by atoms with Crippen LogP contribution in [0.2, 0.25) is 0 Å². The minimum Gasteiger partial charge on any atom is -0.453 e. The quantitative estimate of drug-likeness (QED) is 0.404. The van der Waals surface area contributed by atoms with E-state index >= 15 is 0 Å². The summed E-state index contributed by atoms with van der Waals surface area (Å²) in [5.41, 5.74) is 3.73. The third-order valence-electron chi connectivity index (χ3n) is 4.84. The third-order valence-corrected chi connectivity index (χ3v) is 4.84. The first-order valence-electron chi connectivity index (χ1n) is 9.81. The molecule has 0 bridgehead atoms. The SMILES string of the molecule is COC(=O)Nc1nc2ccc(C(=O)c3ccccc3C(=O)Nc3cccc(C)c3)cc2[nH]1. The maximum Gasteiger partial charge on any atom is 0.413 e. The fourth-order valence-electron chi connectivity index (χ4n) is 3.31. The number of carbonyl (C=O) groups excluding carboxylic acids is 3. The number of nitrogens with one attached hydrogen (secondary N) is 3. The number of methoxy groups -OCH3 is 1. The average Bonchev–Trinajstić information content (AvgIpc) is 3.19. The van der Waals surface area contributed by atoms with Gasteiger partial charge >= 0.3 is 6.09 Å². The van der Waals surface area contributed by atoms with Crippen LogP contribution in [0.5, 0.6) is 0 Å². The van der Waals surface area contributed by atoms with E-state index in [0.29, 0.717) is 22.3 Å². The van der Waals surface area contributed by atoms with Crippen molar-refractivity contribution >= 4 is 40.5 Å². The predicted octanol–water partition coefficient (Wildman–Crippen LogP) is 4.53. The Morgan fingerprint density at radius 1 is 0.906 bits per heavy atom. The van der Waals surface area contributed by atoms with Crippen LogP contribution < -0.4 is 10.6 Å². The fraction of sp³-hybridized carbons (Fsp3) is 0.0833. The van der Waals surface area contributed by atoms with Gasteiger partial charge in [-0.25, -0.2) is 9.78 Å². The smallest absolute Gasteiger partial charge is 0.413 e. The lowest BCUT2D eigenvalue weighted by Crippen LogP contribution is -2.17. The van der Waals surface area contributed by atoms with Crippen LogP contribution in [-0.2, 0) is 4.74 Å². The van der Waals surface area contributed by atoms with Gasteiger partial charge in [0, 0.05) is 16.8 Å². The maximum atomic E-state index is 13.2. The molecule has 0 saturated carbocycles. The molecule has 8 nitrogen and oxygen atoms in total. The number of benzene rings is 3. The molecule has 0 spiro atoms. The largest absolute Gasteiger partial charge is 0.453 e. The molecule has 0 saturated heterocycles. The number of carbonyl (C=O) groups is 3.